The van der Waals surface area contributed by atoms with E-state index in [-0.39, 0.29) is 19.0 Å². The van der Waals surface area contributed by atoms with Gasteiger partial charge in [-0.1, -0.05) is 30.3 Å². The van der Waals surface area contributed by atoms with Gasteiger partial charge in [0.2, 0.25) is 11.8 Å². The molecule has 0 heterocycles. The van der Waals surface area contributed by atoms with E-state index in [4.69, 9.17) is 5.11 Å². The largest absolute Gasteiger partial charge is 0.481 e. The van der Waals surface area contributed by atoms with Gasteiger partial charge in [0, 0.05) is 13.5 Å². The molecule has 1 atom stereocenters. The van der Waals surface area contributed by atoms with E-state index in [0.29, 0.717) is 5.56 Å². The zero-order valence-corrected chi connectivity index (χ0v) is 10.6. The van der Waals surface area contributed by atoms with E-state index >= 15 is 0 Å². The lowest BCUT2D eigenvalue weighted by atomic mass is 9.99. The average Bonchev–Trinajstić information content (AvgIpc) is 2.37. The maximum absolute atomic E-state index is 11.4. The summed E-state index contributed by atoms with van der Waals surface area (Å²) in [6.45, 7) is 1.13. The summed E-state index contributed by atoms with van der Waals surface area (Å²) in [4.78, 5) is 33.2. The Hall–Kier alpha value is -2.37. The van der Waals surface area contributed by atoms with Crippen molar-refractivity contribution in [3.8, 4) is 0 Å². The molecule has 2 amide bonds. The molecule has 0 radical (unpaired) electrons. The minimum atomic E-state index is -1.01. The number of carbonyl (C=O) groups excluding carboxylic acids is 2. The lowest BCUT2D eigenvalue weighted by Gasteiger charge is -2.13. The standard InChI is InChI=1S/C13H16N2O4/c1-9(16)14-8-12(17)15-7-11(13(18)19)10-5-3-2-4-6-10/h2-6,11H,7-8H2,1H3,(H,14,16)(H,15,17)(H,18,19). The summed E-state index contributed by atoms with van der Waals surface area (Å²) in [6.07, 6.45) is 0. The molecule has 0 aliphatic carbocycles. The highest BCUT2D eigenvalue weighted by atomic mass is 16.4. The van der Waals surface area contributed by atoms with Gasteiger partial charge in [0.15, 0.2) is 0 Å². The molecular formula is C13H16N2O4. The van der Waals surface area contributed by atoms with Crippen molar-refractivity contribution in [2.24, 2.45) is 0 Å². The van der Waals surface area contributed by atoms with Crippen molar-refractivity contribution in [3.05, 3.63) is 35.9 Å². The molecule has 3 N–H and O–H groups in total. The van der Waals surface area contributed by atoms with Crippen LogP contribution in [0, 0.1) is 0 Å². The maximum Gasteiger partial charge on any atom is 0.312 e. The first-order valence-electron chi connectivity index (χ1n) is 5.79. The van der Waals surface area contributed by atoms with Crippen LogP contribution in [0.25, 0.3) is 0 Å². The highest BCUT2D eigenvalue weighted by molar-refractivity contribution is 5.84. The Kier molecular flexibility index (Phi) is 5.53. The molecule has 0 saturated heterocycles. The lowest BCUT2D eigenvalue weighted by molar-refractivity contribution is -0.138. The predicted molar refractivity (Wildman–Crippen MR) is 68.5 cm³/mol. The molecule has 0 aromatic heterocycles. The first-order chi connectivity index (χ1) is 9.00. The van der Waals surface area contributed by atoms with Crippen molar-refractivity contribution in [1.82, 2.24) is 10.6 Å². The summed E-state index contributed by atoms with van der Waals surface area (Å²) < 4.78 is 0. The van der Waals surface area contributed by atoms with Gasteiger partial charge in [-0.25, -0.2) is 0 Å². The van der Waals surface area contributed by atoms with E-state index < -0.39 is 17.8 Å². The Balaban J connectivity index is 2.54. The van der Waals surface area contributed by atoms with Crippen molar-refractivity contribution < 1.29 is 19.5 Å². The first kappa shape index (κ1) is 14.7. The van der Waals surface area contributed by atoms with Crippen molar-refractivity contribution in [2.75, 3.05) is 13.1 Å². The van der Waals surface area contributed by atoms with Gasteiger partial charge in [-0.05, 0) is 5.56 Å². The number of hydrogen-bond acceptors (Lipinski definition) is 3. The fourth-order valence-corrected chi connectivity index (χ4v) is 1.52. The van der Waals surface area contributed by atoms with Crippen LogP contribution in [0.2, 0.25) is 0 Å². The normalized spacial score (nSPS) is 11.4. The van der Waals surface area contributed by atoms with Crippen LogP contribution in [0.4, 0.5) is 0 Å². The number of carboxylic acids is 1. The number of carboxylic acid groups (broad SMARTS) is 1. The number of hydrogen-bond donors (Lipinski definition) is 3. The Morgan fingerprint density at radius 1 is 1.16 bits per heavy atom. The predicted octanol–water partition coefficient (Wildman–Crippen LogP) is 0.107. The van der Waals surface area contributed by atoms with Crippen LogP contribution in [-0.4, -0.2) is 36.0 Å². The third-order valence-electron chi connectivity index (χ3n) is 2.50. The van der Waals surface area contributed by atoms with Gasteiger partial charge in [-0.2, -0.15) is 0 Å². The Morgan fingerprint density at radius 3 is 2.32 bits per heavy atom. The van der Waals surface area contributed by atoms with Gasteiger partial charge >= 0.3 is 5.97 Å². The minimum absolute atomic E-state index is 0.0161. The molecule has 102 valence electrons. The van der Waals surface area contributed by atoms with Gasteiger partial charge in [-0.15, -0.1) is 0 Å². The smallest absolute Gasteiger partial charge is 0.312 e. The molecule has 1 unspecified atom stereocenters. The second kappa shape index (κ2) is 7.15. The first-order valence-corrected chi connectivity index (χ1v) is 5.79. The van der Waals surface area contributed by atoms with Crippen LogP contribution in [0.3, 0.4) is 0 Å². The molecule has 1 rings (SSSR count). The molecule has 1 aromatic rings. The quantitative estimate of drug-likeness (QED) is 0.679. The summed E-state index contributed by atoms with van der Waals surface area (Å²) in [5.74, 6) is -2.54. The summed E-state index contributed by atoms with van der Waals surface area (Å²) in [5.41, 5.74) is 0.620. The molecule has 0 bridgehead atoms. The molecule has 6 heteroatoms. The van der Waals surface area contributed by atoms with E-state index in [1.807, 2.05) is 0 Å². The molecule has 0 spiro atoms. The summed E-state index contributed by atoms with van der Waals surface area (Å²) >= 11 is 0. The van der Waals surface area contributed by atoms with E-state index in [0.717, 1.165) is 0 Å². The van der Waals surface area contributed by atoms with Crippen molar-refractivity contribution in [3.63, 3.8) is 0 Å². The fraction of sp³-hybridized carbons (Fsp3) is 0.308. The SMILES string of the molecule is CC(=O)NCC(=O)NCC(C(=O)O)c1ccccc1. The van der Waals surface area contributed by atoms with Crippen molar-refractivity contribution in [2.45, 2.75) is 12.8 Å². The number of benzene rings is 1. The topological polar surface area (TPSA) is 95.5 Å². The zero-order valence-electron chi connectivity index (χ0n) is 10.6. The van der Waals surface area contributed by atoms with E-state index in [1.54, 1.807) is 30.3 Å². The molecule has 1 aromatic carbocycles. The maximum atomic E-state index is 11.4. The van der Waals surface area contributed by atoms with E-state index in [9.17, 15) is 14.4 Å². The second-order valence-corrected chi connectivity index (χ2v) is 4.02. The molecule has 6 nitrogen and oxygen atoms in total. The lowest BCUT2D eigenvalue weighted by Crippen LogP contribution is -2.38. The fourth-order valence-electron chi connectivity index (χ4n) is 1.52. The molecular weight excluding hydrogens is 248 g/mol. The van der Waals surface area contributed by atoms with Crippen LogP contribution in [0.5, 0.6) is 0 Å². The van der Waals surface area contributed by atoms with Gasteiger partial charge < -0.3 is 15.7 Å². The molecule has 0 aliphatic heterocycles. The number of aliphatic carboxylic acids is 1. The van der Waals surface area contributed by atoms with Crippen LogP contribution >= 0.6 is 0 Å². The Morgan fingerprint density at radius 2 is 1.79 bits per heavy atom. The number of amides is 2. The molecule has 19 heavy (non-hydrogen) atoms. The third kappa shape index (κ3) is 5.20. The third-order valence-corrected chi connectivity index (χ3v) is 2.50. The van der Waals surface area contributed by atoms with Crippen molar-refractivity contribution >= 4 is 17.8 Å². The molecule has 0 saturated carbocycles. The molecule has 0 aliphatic rings. The van der Waals surface area contributed by atoms with Gasteiger partial charge in [0.25, 0.3) is 0 Å². The number of carbonyl (C=O) groups is 3. The number of nitrogens with one attached hydrogen (secondary N) is 2. The number of rotatable bonds is 6. The van der Waals surface area contributed by atoms with Crippen LogP contribution in [0.1, 0.15) is 18.4 Å². The monoisotopic (exact) mass is 264 g/mol. The second-order valence-electron chi connectivity index (χ2n) is 4.02. The summed E-state index contributed by atoms with van der Waals surface area (Å²) in [5, 5.41) is 14.0. The van der Waals surface area contributed by atoms with E-state index in [1.165, 1.54) is 6.92 Å². The van der Waals surface area contributed by atoms with E-state index in [2.05, 4.69) is 10.6 Å². The highest BCUT2D eigenvalue weighted by Crippen LogP contribution is 2.14. The van der Waals surface area contributed by atoms with Crippen LogP contribution < -0.4 is 10.6 Å². The Bertz CT molecular complexity index is 459. The summed E-state index contributed by atoms with van der Waals surface area (Å²) in [7, 11) is 0. The Labute approximate surface area is 110 Å². The van der Waals surface area contributed by atoms with Gasteiger partial charge in [-0.3, -0.25) is 14.4 Å². The van der Waals surface area contributed by atoms with Gasteiger partial charge in [0.1, 0.15) is 0 Å². The van der Waals surface area contributed by atoms with Crippen LogP contribution in [0.15, 0.2) is 30.3 Å². The zero-order chi connectivity index (χ0) is 14.3. The summed E-state index contributed by atoms with van der Waals surface area (Å²) in [6, 6.07) is 8.66. The molecule has 0 fully saturated rings. The highest BCUT2D eigenvalue weighted by Gasteiger charge is 2.20. The minimum Gasteiger partial charge on any atom is -0.481 e. The average molecular weight is 264 g/mol. The van der Waals surface area contributed by atoms with Gasteiger partial charge in [0.05, 0.1) is 12.5 Å². The van der Waals surface area contributed by atoms with Crippen molar-refractivity contribution in [1.29, 1.82) is 0 Å². The van der Waals surface area contributed by atoms with Crippen LogP contribution in [-0.2, 0) is 14.4 Å².